The molecule has 0 aliphatic carbocycles. The van der Waals surface area contributed by atoms with E-state index in [1.165, 1.54) is 29.7 Å². The molecule has 0 N–H and O–H groups in total. The molecule has 0 bridgehead atoms. The van der Waals surface area contributed by atoms with Crippen molar-refractivity contribution in [2.45, 2.75) is 38.4 Å². The fraction of sp³-hybridized carbons (Fsp3) is 0.333. The largest absolute Gasteiger partial charge is 0.302 e. The summed E-state index contributed by atoms with van der Waals surface area (Å²) >= 11 is 0. The first kappa shape index (κ1) is 12.0. The molecule has 0 unspecified atom stereocenters. The molecule has 2 aromatic carbocycles. The minimum atomic E-state index is 0.619. The van der Waals surface area contributed by atoms with Crippen molar-refractivity contribution in [3.05, 3.63) is 65.7 Å². The highest BCUT2D eigenvalue weighted by Crippen LogP contribution is 2.41. The number of benzene rings is 2. The lowest BCUT2D eigenvalue weighted by atomic mass is 10.1. The summed E-state index contributed by atoms with van der Waals surface area (Å²) in [6, 6.07) is 20.9. The van der Waals surface area contributed by atoms with Crippen molar-refractivity contribution in [3.8, 4) is 0 Å². The zero-order chi connectivity index (χ0) is 13.5. The summed E-state index contributed by atoms with van der Waals surface area (Å²) in [6.45, 7) is 3.36. The van der Waals surface area contributed by atoms with Crippen molar-refractivity contribution < 1.29 is 0 Å². The smallest absolute Gasteiger partial charge is 0.0558 e. The Bertz CT molecular complexity index is 608. The van der Waals surface area contributed by atoms with Crippen LogP contribution in [0.2, 0.25) is 0 Å². The molecule has 0 spiro atoms. The maximum Gasteiger partial charge on any atom is 0.0558 e. The van der Waals surface area contributed by atoms with E-state index < -0.39 is 0 Å². The number of hydrogen-bond acceptors (Lipinski definition) is 2. The number of hydrogen-bond donors (Lipinski definition) is 0. The molecule has 1 fully saturated rings. The van der Waals surface area contributed by atoms with E-state index in [2.05, 4.69) is 71.5 Å². The van der Waals surface area contributed by atoms with Crippen molar-refractivity contribution in [2.24, 2.45) is 0 Å². The summed E-state index contributed by atoms with van der Waals surface area (Å²) in [4.78, 5) is 0. The van der Waals surface area contributed by atoms with Gasteiger partial charge in [-0.1, -0.05) is 48.5 Å². The van der Waals surface area contributed by atoms with E-state index in [0.29, 0.717) is 12.1 Å². The van der Waals surface area contributed by atoms with E-state index in [0.717, 1.165) is 6.54 Å². The second-order valence-corrected chi connectivity index (χ2v) is 6.00. The van der Waals surface area contributed by atoms with Gasteiger partial charge in [0, 0.05) is 12.6 Å². The van der Waals surface area contributed by atoms with Crippen LogP contribution >= 0.6 is 0 Å². The van der Waals surface area contributed by atoms with Gasteiger partial charge in [-0.2, -0.15) is 0 Å². The second kappa shape index (κ2) is 4.64. The predicted octanol–water partition coefficient (Wildman–Crippen LogP) is 3.63. The summed E-state index contributed by atoms with van der Waals surface area (Å²) in [7, 11) is 0. The van der Waals surface area contributed by atoms with Crippen molar-refractivity contribution in [3.63, 3.8) is 0 Å². The first-order valence-corrected chi connectivity index (χ1v) is 7.50. The van der Waals surface area contributed by atoms with Gasteiger partial charge in [-0.05, 0) is 37.0 Å². The Morgan fingerprint density at radius 3 is 2.60 bits per heavy atom. The van der Waals surface area contributed by atoms with Crippen LogP contribution in [-0.2, 0) is 13.0 Å². The molecule has 2 heteroatoms. The Hall–Kier alpha value is -1.80. The van der Waals surface area contributed by atoms with E-state index >= 15 is 0 Å². The fourth-order valence-corrected chi connectivity index (χ4v) is 3.71. The second-order valence-electron chi connectivity index (χ2n) is 6.00. The minimum Gasteiger partial charge on any atom is -0.302 e. The van der Waals surface area contributed by atoms with Gasteiger partial charge in [0.25, 0.3) is 0 Å². The minimum absolute atomic E-state index is 0.619. The third-order valence-corrected chi connectivity index (χ3v) is 4.63. The molecule has 20 heavy (non-hydrogen) atoms. The van der Waals surface area contributed by atoms with Crippen LogP contribution in [0, 0.1) is 0 Å². The van der Waals surface area contributed by atoms with Crippen LogP contribution in [0.1, 0.15) is 24.5 Å². The Morgan fingerprint density at radius 1 is 1.00 bits per heavy atom. The molecule has 2 atom stereocenters. The molecule has 0 radical (unpaired) electrons. The van der Waals surface area contributed by atoms with Crippen molar-refractivity contribution in [1.29, 1.82) is 0 Å². The van der Waals surface area contributed by atoms with Crippen molar-refractivity contribution in [2.75, 3.05) is 5.01 Å². The van der Waals surface area contributed by atoms with Crippen LogP contribution in [0.4, 0.5) is 5.69 Å². The van der Waals surface area contributed by atoms with Crippen LogP contribution < -0.4 is 5.01 Å². The number of anilines is 1. The Morgan fingerprint density at radius 2 is 1.75 bits per heavy atom. The highest BCUT2D eigenvalue weighted by atomic mass is 15.7. The molecular formula is C18H20N2. The lowest BCUT2D eigenvalue weighted by molar-refractivity contribution is 0.235. The number of nitrogens with zero attached hydrogens (tertiary/aromatic N) is 2. The van der Waals surface area contributed by atoms with E-state index in [-0.39, 0.29) is 0 Å². The summed E-state index contributed by atoms with van der Waals surface area (Å²) in [5, 5.41) is 5.10. The number of rotatable bonds is 2. The van der Waals surface area contributed by atoms with Gasteiger partial charge in [-0.3, -0.25) is 0 Å². The van der Waals surface area contributed by atoms with Crippen LogP contribution in [0.3, 0.4) is 0 Å². The van der Waals surface area contributed by atoms with Gasteiger partial charge in [-0.15, -0.1) is 0 Å². The van der Waals surface area contributed by atoms with Crippen LogP contribution in [0.25, 0.3) is 0 Å². The molecule has 4 rings (SSSR count). The average Bonchev–Trinajstić information content (AvgIpc) is 2.97. The SMILES string of the molecule is C[C@H]1C[C@@H]2Cc3ccccc3N2N1Cc1ccccc1. The molecule has 2 aliphatic rings. The average molecular weight is 264 g/mol. The van der Waals surface area contributed by atoms with Crippen molar-refractivity contribution >= 4 is 5.69 Å². The Kier molecular flexibility index (Phi) is 2.78. The molecular weight excluding hydrogens is 244 g/mol. The lowest BCUT2D eigenvalue weighted by Crippen LogP contribution is -2.41. The normalized spacial score (nSPS) is 24.8. The topological polar surface area (TPSA) is 6.48 Å². The van der Waals surface area contributed by atoms with Gasteiger partial charge < -0.3 is 5.01 Å². The van der Waals surface area contributed by atoms with Gasteiger partial charge in [0.1, 0.15) is 0 Å². The zero-order valence-corrected chi connectivity index (χ0v) is 11.9. The lowest BCUT2D eigenvalue weighted by Gasteiger charge is -2.32. The Balaban J connectivity index is 1.66. The summed E-state index contributed by atoms with van der Waals surface area (Å²) in [5.74, 6) is 0. The van der Waals surface area contributed by atoms with Gasteiger partial charge in [-0.25, -0.2) is 5.01 Å². The van der Waals surface area contributed by atoms with Gasteiger partial charge in [0.2, 0.25) is 0 Å². The molecule has 2 aromatic rings. The predicted molar refractivity (Wildman–Crippen MR) is 82.5 cm³/mol. The highest BCUT2D eigenvalue weighted by molar-refractivity contribution is 5.59. The molecule has 2 nitrogen and oxygen atoms in total. The van der Waals surface area contributed by atoms with Crippen LogP contribution in [-0.4, -0.2) is 17.1 Å². The van der Waals surface area contributed by atoms with Crippen LogP contribution in [0.15, 0.2) is 54.6 Å². The molecule has 2 aliphatic heterocycles. The van der Waals surface area contributed by atoms with Crippen LogP contribution in [0.5, 0.6) is 0 Å². The van der Waals surface area contributed by atoms with E-state index in [1.54, 1.807) is 0 Å². The molecule has 1 saturated heterocycles. The third kappa shape index (κ3) is 1.83. The van der Waals surface area contributed by atoms with E-state index in [9.17, 15) is 0 Å². The molecule has 0 saturated carbocycles. The zero-order valence-electron chi connectivity index (χ0n) is 11.9. The molecule has 2 heterocycles. The summed E-state index contributed by atoms with van der Waals surface area (Å²) < 4.78 is 0. The first-order valence-electron chi connectivity index (χ1n) is 7.50. The first-order chi connectivity index (χ1) is 9.83. The molecule has 102 valence electrons. The van der Waals surface area contributed by atoms with Gasteiger partial charge in [0.05, 0.1) is 11.7 Å². The molecule has 0 aromatic heterocycles. The quantitative estimate of drug-likeness (QED) is 0.817. The van der Waals surface area contributed by atoms with Gasteiger partial charge in [0.15, 0.2) is 0 Å². The summed E-state index contributed by atoms with van der Waals surface area (Å²) in [6.07, 6.45) is 2.47. The maximum atomic E-state index is 2.55. The maximum absolute atomic E-state index is 2.55. The van der Waals surface area contributed by atoms with Crippen molar-refractivity contribution in [1.82, 2.24) is 5.01 Å². The molecule has 0 amide bonds. The number of hydrazine groups is 1. The van der Waals surface area contributed by atoms with Gasteiger partial charge >= 0.3 is 0 Å². The third-order valence-electron chi connectivity index (χ3n) is 4.63. The summed E-state index contributed by atoms with van der Waals surface area (Å²) in [5.41, 5.74) is 4.31. The number of fused-ring (bicyclic) bond motifs is 3. The van der Waals surface area contributed by atoms with E-state index in [1.807, 2.05) is 0 Å². The monoisotopic (exact) mass is 264 g/mol. The Labute approximate surface area is 120 Å². The number of para-hydroxylation sites is 1. The van der Waals surface area contributed by atoms with E-state index in [4.69, 9.17) is 0 Å². The highest BCUT2D eigenvalue weighted by Gasteiger charge is 2.41. The standard InChI is InChI=1S/C18H20N2/c1-14-11-17-12-16-9-5-6-10-18(16)20(17)19(14)13-15-7-3-2-4-8-15/h2-10,14,17H,11-13H2,1H3/t14-,17+/m0/s1. The fourth-order valence-electron chi connectivity index (χ4n) is 3.71.